The quantitative estimate of drug-likeness (QED) is 0.571. The van der Waals surface area contributed by atoms with Gasteiger partial charge in [-0.05, 0) is 31.9 Å². The lowest BCUT2D eigenvalue weighted by Crippen LogP contribution is -2.16. The van der Waals surface area contributed by atoms with Gasteiger partial charge in [0.05, 0.1) is 24.5 Å². The molecule has 6 nitrogen and oxygen atoms in total. The van der Waals surface area contributed by atoms with Crippen molar-refractivity contribution in [1.29, 1.82) is 0 Å². The molecule has 0 saturated heterocycles. The van der Waals surface area contributed by atoms with E-state index < -0.39 is 11.9 Å². The van der Waals surface area contributed by atoms with E-state index >= 15 is 0 Å². The van der Waals surface area contributed by atoms with Crippen molar-refractivity contribution in [3.63, 3.8) is 0 Å². The largest absolute Gasteiger partial charge is 0.462 e. The summed E-state index contributed by atoms with van der Waals surface area (Å²) in [5.74, 6) is -1.20. The molecule has 0 spiro atoms. The fraction of sp³-hybridized carbons (Fsp3) is 0.316. The van der Waals surface area contributed by atoms with Crippen LogP contribution in [0.1, 0.15) is 56.3 Å². The van der Waals surface area contributed by atoms with E-state index in [0.29, 0.717) is 11.8 Å². The molecule has 0 fully saturated rings. The number of hydrogen-bond donors (Lipinski definition) is 0. The van der Waals surface area contributed by atoms with Gasteiger partial charge < -0.3 is 14.0 Å². The van der Waals surface area contributed by atoms with Crippen molar-refractivity contribution >= 4 is 18.2 Å². The van der Waals surface area contributed by atoms with Crippen molar-refractivity contribution < 1.29 is 23.9 Å². The molecule has 0 atom stereocenters. The summed E-state index contributed by atoms with van der Waals surface area (Å²) >= 11 is 0. The summed E-state index contributed by atoms with van der Waals surface area (Å²) in [6.07, 6.45) is 0.574. The van der Waals surface area contributed by atoms with Gasteiger partial charge in [-0.3, -0.25) is 4.79 Å². The Balaban J connectivity index is 2.64. The Morgan fingerprint density at radius 1 is 1.04 bits per heavy atom. The average Bonchev–Trinajstić information content (AvgIpc) is 2.87. The number of carbonyl (C=O) groups is 3. The van der Waals surface area contributed by atoms with Crippen LogP contribution in [-0.2, 0) is 16.0 Å². The highest BCUT2D eigenvalue weighted by molar-refractivity contribution is 6.03. The van der Waals surface area contributed by atoms with Gasteiger partial charge in [0.15, 0.2) is 6.29 Å². The van der Waals surface area contributed by atoms with E-state index in [2.05, 4.69) is 0 Å². The SMILES string of the molecule is CCOC(=O)c1c(C)c(C(=O)OCC)n(Cc2ccccc2)c1C=O. The van der Waals surface area contributed by atoms with Gasteiger partial charge in [-0.15, -0.1) is 0 Å². The van der Waals surface area contributed by atoms with E-state index in [1.54, 1.807) is 20.8 Å². The number of aromatic nitrogens is 1. The van der Waals surface area contributed by atoms with Crippen molar-refractivity contribution in [2.45, 2.75) is 27.3 Å². The molecule has 1 aromatic heterocycles. The van der Waals surface area contributed by atoms with Crippen LogP contribution in [0.15, 0.2) is 30.3 Å². The Morgan fingerprint density at radius 3 is 2.20 bits per heavy atom. The van der Waals surface area contributed by atoms with Crippen molar-refractivity contribution in [2.75, 3.05) is 13.2 Å². The number of hydrogen-bond acceptors (Lipinski definition) is 5. The second-order valence-electron chi connectivity index (χ2n) is 5.36. The first-order chi connectivity index (χ1) is 12.0. The maximum atomic E-state index is 12.4. The molecular weight excluding hydrogens is 322 g/mol. The Bertz CT molecular complexity index is 777. The van der Waals surface area contributed by atoms with Crippen LogP contribution in [0.5, 0.6) is 0 Å². The topological polar surface area (TPSA) is 74.6 Å². The summed E-state index contributed by atoms with van der Waals surface area (Å²) < 4.78 is 11.7. The van der Waals surface area contributed by atoms with E-state index in [9.17, 15) is 14.4 Å². The summed E-state index contributed by atoms with van der Waals surface area (Å²) in [7, 11) is 0. The zero-order chi connectivity index (χ0) is 18.4. The zero-order valence-electron chi connectivity index (χ0n) is 14.6. The van der Waals surface area contributed by atoms with Gasteiger partial charge in [-0.25, -0.2) is 9.59 Å². The third kappa shape index (κ3) is 3.79. The molecule has 6 heteroatoms. The summed E-state index contributed by atoms with van der Waals surface area (Å²) in [5.41, 5.74) is 1.69. The molecule has 0 aliphatic carbocycles. The van der Waals surface area contributed by atoms with Crippen LogP contribution in [-0.4, -0.2) is 36.0 Å². The molecule has 0 radical (unpaired) electrons. The third-order valence-corrected chi connectivity index (χ3v) is 3.79. The van der Waals surface area contributed by atoms with Gasteiger partial charge in [0.25, 0.3) is 0 Å². The molecule has 0 bridgehead atoms. The molecule has 0 saturated carbocycles. The molecule has 0 aliphatic heterocycles. The second-order valence-corrected chi connectivity index (χ2v) is 5.36. The van der Waals surface area contributed by atoms with Crippen LogP contribution >= 0.6 is 0 Å². The van der Waals surface area contributed by atoms with Crippen LogP contribution in [0.3, 0.4) is 0 Å². The molecule has 2 rings (SSSR count). The highest BCUT2D eigenvalue weighted by Crippen LogP contribution is 2.25. The van der Waals surface area contributed by atoms with Crippen molar-refractivity contribution in [2.24, 2.45) is 0 Å². The number of benzene rings is 1. The fourth-order valence-electron chi connectivity index (χ4n) is 2.74. The first kappa shape index (κ1) is 18.4. The standard InChI is InChI=1S/C19H21NO5/c1-4-24-18(22)16-13(3)17(19(23)25-5-2)20(15(16)12-21)11-14-9-7-6-8-10-14/h6-10,12H,4-5,11H2,1-3H3. The van der Waals surface area contributed by atoms with E-state index in [4.69, 9.17) is 9.47 Å². The fourth-order valence-corrected chi connectivity index (χ4v) is 2.74. The normalized spacial score (nSPS) is 10.4. The number of nitrogens with zero attached hydrogens (tertiary/aromatic N) is 1. The lowest BCUT2D eigenvalue weighted by atomic mass is 10.1. The lowest BCUT2D eigenvalue weighted by Gasteiger charge is -2.11. The number of aldehydes is 1. The number of esters is 2. The summed E-state index contributed by atoms with van der Waals surface area (Å²) in [6.45, 7) is 5.64. The van der Waals surface area contributed by atoms with Gasteiger partial charge >= 0.3 is 11.9 Å². The molecule has 1 aromatic carbocycles. The minimum absolute atomic E-state index is 0.107. The Kier molecular flexibility index (Phi) is 6.11. The molecular formula is C19H21NO5. The van der Waals surface area contributed by atoms with Crippen molar-refractivity contribution in [3.05, 3.63) is 58.4 Å². The second kappa shape index (κ2) is 8.28. The summed E-state index contributed by atoms with van der Waals surface area (Å²) in [6, 6.07) is 9.36. The van der Waals surface area contributed by atoms with Crippen LogP contribution in [0, 0.1) is 6.92 Å². The van der Waals surface area contributed by atoms with E-state index in [-0.39, 0.29) is 36.7 Å². The maximum absolute atomic E-state index is 12.4. The maximum Gasteiger partial charge on any atom is 0.355 e. The molecule has 25 heavy (non-hydrogen) atoms. The lowest BCUT2D eigenvalue weighted by molar-refractivity contribution is 0.0511. The van der Waals surface area contributed by atoms with Crippen LogP contribution in [0.25, 0.3) is 0 Å². The predicted molar refractivity (Wildman–Crippen MR) is 92.0 cm³/mol. The average molecular weight is 343 g/mol. The molecule has 0 aliphatic rings. The van der Waals surface area contributed by atoms with Gasteiger partial charge in [0, 0.05) is 6.54 Å². The molecule has 1 heterocycles. The Morgan fingerprint density at radius 2 is 1.64 bits per heavy atom. The Labute approximate surface area is 146 Å². The highest BCUT2D eigenvalue weighted by atomic mass is 16.5. The van der Waals surface area contributed by atoms with E-state index in [1.165, 1.54) is 4.57 Å². The minimum Gasteiger partial charge on any atom is -0.462 e. The highest BCUT2D eigenvalue weighted by Gasteiger charge is 2.29. The molecule has 132 valence electrons. The van der Waals surface area contributed by atoms with Crippen molar-refractivity contribution in [3.8, 4) is 0 Å². The Hall–Kier alpha value is -2.89. The van der Waals surface area contributed by atoms with Crippen LogP contribution in [0.4, 0.5) is 0 Å². The van der Waals surface area contributed by atoms with Crippen molar-refractivity contribution in [1.82, 2.24) is 4.57 Å². The molecule has 0 unspecified atom stereocenters. The van der Waals surface area contributed by atoms with Gasteiger partial charge in [0.1, 0.15) is 5.69 Å². The number of ether oxygens (including phenoxy) is 2. The molecule has 0 N–H and O–H groups in total. The summed E-state index contributed by atoms with van der Waals surface area (Å²) in [4.78, 5) is 36.4. The van der Waals surface area contributed by atoms with Gasteiger partial charge in [-0.2, -0.15) is 0 Å². The third-order valence-electron chi connectivity index (χ3n) is 3.79. The van der Waals surface area contributed by atoms with E-state index in [0.717, 1.165) is 5.56 Å². The van der Waals surface area contributed by atoms with Gasteiger partial charge in [-0.1, -0.05) is 30.3 Å². The molecule has 0 amide bonds. The smallest absolute Gasteiger partial charge is 0.355 e. The van der Waals surface area contributed by atoms with E-state index in [1.807, 2.05) is 30.3 Å². The summed E-state index contributed by atoms with van der Waals surface area (Å²) in [5, 5.41) is 0. The number of rotatable bonds is 7. The minimum atomic E-state index is -0.625. The van der Waals surface area contributed by atoms with Gasteiger partial charge in [0.2, 0.25) is 0 Å². The zero-order valence-corrected chi connectivity index (χ0v) is 14.6. The first-order valence-electron chi connectivity index (χ1n) is 8.11. The number of carbonyl (C=O) groups excluding carboxylic acids is 3. The van der Waals surface area contributed by atoms with Crippen LogP contribution < -0.4 is 0 Å². The first-order valence-corrected chi connectivity index (χ1v) is 8.11. The monoisotopic (exact) mass is 343 g/mol. The predicted octanol–water partition coefficient (Wildman–Crippen LogP) is 3.01. The van der Waals surface area contributed by atoms with Crippen LogP contribution in [0.2, 0.25) is 0 Å². The molecule has 2 aromatic rings.